The lowest BCUT2D eigenvalue weighted by atomic mass is 10.1. The lowest BCUT2D eigenvalue weighted by Gasteiger charge is -2.33. The Morgan fingerprint density at radius 2 is 2.00 bits per heavy atom. The number of ether oxygens (including phenoxy) is 1. The Bertz CT molecular complexity index is 548. The van der Waals surface area contributed by atoms with Gasteiger partial charge in [0, 0.05) is 31.5 Å². The van der Waals surface area contributed by atoms with E-state index < -0.39 is 0 Å². The molecule has 1 atom stereocenters. The van der Waals surface area contributed by atoms with Crippen LogP contribution in [0.5, 0.6) is 0 Å². The minimum absolute atomic E-state index is 0.00682. The zero-order chi connectivity index (χ0) is 17.4. The molecule has 1 N–H and O–H groups in total. The zero-order valence-corrected chi connectivity index (χ0v) is 14.8. The van der Waals surface area contributed by atoms with Crippen LogP contribution in [0.15, 0.2) is 24.3 Å². The minimum atomic E-state index is -0.0836. The number of benzene rings is 1. The first-order chi connectivity index (χ1) is 11.6. The molecule has 132 valence electrons. The molecule has 0 bridgehead atoms. The third kappa shape index (κ3) is 6.13. The highest BCUT2D eigenvalue weighted by atomic mass is 35.5. The van der Waals surface area contributed by atoms with Gasteiger partial charge in [-0.1, -0.05) is 30.2 Å². The Morgan fingerprint density at radius 1 is 1.25 bits per heavy atom. The Morgan fingerprint density at radius 3 is 2.71 bits per heavy atom. The van der Waals surface area contributed by atoms with Gasteiger partial charge in [-0.15, -0.1) is 0 Å². The van der Waals surface area contributed by atoms with E-state index >= 15 is 0 Å². The smallest absolute Gasteiger partial charge is 0.222 e. The van der Waals surface area contributed by atoms with Crippen LogP contribution >= 0.6 is 11.6 Å². The maximum atomic E-state index is 12.3. The van der Waals surface area contributed by atoms with E-state index in [0.29, 0.717) is 37.7 Å². The minimum Gasteiger partial charge on any atom is -0.370 e. The highest BCUT2D eigenvalue weighted by molar-refractivity contribution is 6.30. The van der Waals surface area contributed by atoms with Crippen LogP contribution in [-0.4, -0.2) is 43.0 Å². The number of carbonyl (C=O) groups excluding carboxylic acids is 2. The fraction of sp³-hybridized carbons (Fsp3) is 0.556. The summed E-state index contributed by atoms with van der Waals surface area (Å²) in [6.45, 7) is 3.99. The highest BCUT2D eigenvalue weighted by Gasteiger charge is 2.24. The standard InChI is InChI=1S/C18H25ClN2O3/c1-14(22)20-10-4-2-3-5-18(23)21-11-12-24-17(13-21)15-6-8-16(19)9-7-15/h6-9,17H,2-5,10-13H2,1H3,(H,20,22). The van der Waals surface area contributed by atoms with Gasteiger partial charge >= 0.3 is 0 Å². The molecule has 1 aromatic carbocycles. The van der Waals surface area contributed by atoms with Crippen LogP contribution in [0, 0.1) is 0 Å². The molecule has 1 fully saturated rings. The molecule has 1 aliphatic heterocycles. The van der Waals surface area contributed by atoms with Crippen molar-refractivity contribution in [1.29, 1.82) is 0 Å². The predicted molar refractivity (Wildman–Crippen MR) is 93.9 cm³/mol. The first kappa shape index (κ1) is 18.7. The number of rotatable bonds is 7. The molecule has 0 aliphatic carbocycles. The second kappa shape index (κ2) is 9.64. The molecular weight excluding hydrogens is 328 g/mol. The van der Waals surface area contributed by atoms with Crippen molar-refractivity contribution in [2.75, 3.05) is 26.2 Å². The van der Waals surface area contributed by atoms with E-state index in [2.05, 4.69) is 5.32 Å². The summed E-state index contributed by atoms with van der Waals surface area (Å²) in [7, 11) is 0. The molecule has 1 heterocycles. The van der Waals surface area contributed by atoms with Crippen molar-refractivity contribution in [1.82, 2.24) is 10.2 Å². The van der Waals surface area contributed by atoms with E-state index in [1.807, 2.05) is 29.2 Å². The van der Waals surface area contributed by atoms with Crippen LogP contribution in [0.3, 0.4) is 0 Å². The quantitative estimate of drug-likeness (QED) is 0.767. The summed E-state index contributed by atoms with van der Waals surface area (Å²) in [6.07, 6.45) is 3.16. The largest absolute Gasteiger partial charge is 0.370 e. The third-order valence-electron chi connectivity index (χ3n) is 4.10. The number of hydrogen-bond acceptors (Lipinski definition) is 3. The van der Waals surface area contributed by atoms with Crippen LogP contribution < -0.4 is 5.32 Å². The lowest BCUT2D eigenvalue weighted by molar-refractivity contribution is -0.139. The van der Waals surface area contributed by atoms with E-state index in [1.54, 1.807) is 0 Å². The number of hydrogen-bond donors (Lipinski definition) is 1. The molecule has 0 spiro atoms. The van der Waals surface area contributed by atoms with Crippen molar-refractivity contribution in [2.24, 2.45) is 0 Å². The number of amides is 2. The van der Waals surface area contributed by atoms with Crippen molar-refractivity contribution in [3.8, 4) is 0 Å². The van der Waals surface area contributed by atoms with Gasteiger partial charge in [-0.2, -0.15) is 0 Å². The Balaban J connectivity index is 1.72. The number of halogens is 1. The number of carbonyl (C=O) groups is 2. The second-order valence-electron chi connectivity index (χ2n) is 6.04. The molecule has 0 saturated carbocycles. The molecular formula is C18H25ClN2O3. The molecule has 1 saturated heterocycles. The molecule has 1 aliphatic rings. The summed E-state index contributed by atoms with van der Waals surface area (Å²) in [5.74, 6) is 0.171. The first-order valence-electron chi connectivity index (χ1n) is 8.45. The third-order valence-corrected chi connectivity index (χ3v) is 4.35. The number of nitrogens with one attached hydrogen (secondary N) is 1. The van der Waals surface area contributed by atoms with Gasteiger partial charge in [0.25, 0.3) is 0 Å². The van der Waals surface area contributed by atoms with Gasteiger partial charge in [0.15, 0.2) is 0 Å². The molecule has 1 unspecified atom stereocenters. The summed E-state index contributed by atoms with van der Waals surface area (Å²) in [6, 6.07) is 7.58. The molecule has 1 aromatic rings. The molecule has 0 aromatic heterocycles. The molecule has 6 heteroatoms. The number of unbranched alkanes of at least 4 members (excludes halogenated alkanes) is 2. The topological polar surface area (TPSA) is 58.6 Å². The Hall–Kier alpha value is -1.59. The average molecular weight is 353 g/mol. The van der Waals surface area contributed by atoms with Crippen LogP contribution in [0.2, 0.25) is 5.02 Å². The van der Waals surface area contributed by atoms with Crippen molar-refractivity contribution in [3.05, 3.63) is 34.9 Å². The van der Waals surface area contributed by atoms with Crippen molar-refractivity contribution in [2.45, 2.75) is 38.7 Å². The van der Waals surface area contributed by atoms with Crippen LogP contribution in [0.4, 0.5) is 0 Å². The maximum Gasteiger partial charge on any atom is 0.222 e. The van der Waals surface area contributed by atoms with E-state index in [-0.39, 0.29) is 17.9 Å². The van der Waals surface area contributed by atoms with Crippen LogP contribution in [0.1, 0.15) is 44.3 Å². The molecule has 5 nitrogen and oxygen atoms in total. The molecule has 0 radical (unpaired) electrons. The van der Waals surface area contributed by atoms with Gasteiger partial charge in [-0.05, 0) is 30.5 Å². The van der Waals surface area contributed by atoms with Crippen LogP contribution in [0.25, 0.3) is 0 Å². The average Bonchev–Trinajstić information content (AvgIpc) is 2.58. The van der Waals surface area contributed by atoms with Crippen LogP contribution in [-0.2, 0) is 14.3 Å². The van der Waals surface area contributed by atoms with E-state index in [4.69, 9.17) is 16.3 Å². The lowest BCUT2D eigenvalue weighted by Crippen LogP contribution is -2.42. The SMILES string of the molecule is CC(=O)NCCCCCC(=O)N1CCOC(c2ccc(Cl)cc2)C1. The van der Waals surface area contributed by atoms with E-state index in [9.17, 15) is 9.59 Å². The van der Waals surface area contributed by atoms with Crippen molar-refractivity contribution in [3.63, 3.8) is 0 Å². The summed E-state index contributed by atoms with van der Waals surface area (Å²) in [5, 5.41) is 3.46. The first-order valence-corrected chi connectivity index (χ1v) is 8.83. The van der Waals surface area contributed by atoms with Gasteiger partial charge < -0.3 is 15.0 Å². The zero-order valence-electron chi connectivity index (χ0n) is 14.1. The molecule has 2 amide bonds. The van der Waals surface area contributed by atoms with Gasteiger partial charge in [-0.3, -0.25) is 9.59 Å². The number of morpholine rings is 1. The van der Waals surface area contributed by atoms with Gasteiger partial charge in [-0.25, -0.2) is 0 Å². The summed E-state index contributed by atoms with van der Waals surface area (Å²) < 4.78 is 5.79. The highest BCUT2D eigenvalue weighted by Crippen LogP contribution is 2.24. The van der Waals surface area contributed by atoms with E-state index in [1.165, 1.54) is 6.92 Å². The van der Waals surface area contributed by atoms with Crippen molar-refractivity contribution < 1.29 is 14.3 Å². The van der Waals surface area contributed by atoms with Gasteiger partial charge in [0.2, 0.25) is 11.8 Å². The predicted octanol–water partition coefficient (Wildman–Crippen LogP) is 2.94. The van der Waals surface area contributed by atoms with Crippen molar-refractivity contribution >= 4 is 23.4 Å². The fourth-order valence-corrected chi connectivity index (χ4v) is 2.88. The van der Waals surface area contributed by atoms with Gasteiger partial charge in [0.1, 0.15) is 6.10 Å². The maximum absolute atomic E-state index is 12.3. The Kier molecular flexibility index (Phi) is 7.53. The van der Waals surface area contributed by atoms with E-state index in [0.717, 1.165) is 24.8 Å². The molecule has 24 heavy (non-hydrogen) atoms. The fourth-order valence-electron chi connectivity index (χ4n) is 2.76. The summed E-state index contributed by atoms with van der Waals surface area (Å²) in [4.78, 5) is 25.0. The number of nitrogens with zero attached hydrogens (tertiary/aromatic N) is 1. The molecule has 2 rings (SSSR count). The second-order valence-corrected chi connectivity index (χ2v) is 6.48. The monoisotopic (exact) mass is 352 g/mol. The van der Waals surface area contributed by atoms with Gasteiger partial charge in [0.05, 0.1) is 13.2 Å². The normalized spacial score (nSPS) is 17.6. The summed E-state index contributed by atoms with van der Waals surface area (Å²) in [5.41, 5.74) is 1.05. The Labute approximate surface area is 148 Å². The summed E-state index contributed by atoms with van der Waals surface area (Å²) >= 11 is 5.91.